The number of rotatable bonds is 3. The van der Waals surface area contributed by atoms with E-state index in [0.29, 0.717) is 0 Å². The monoisotopic (exact) mass is 263 g/mol. The van der Waals surface area contributed by atoms with Gasteiger partial charge in [-0.25, -0.2) is 0 Å². The average Bonchev–Trinajstić information content (AvgIpc) is 2.85. The normalized spacial score (nSPS) is 14.3. The van der Waals surface area contributed by atoms with Gasteiger partial charge in [0.25, 0.3) is 0 Å². The predicted octanol–water partition coefficient (Wildman–Crippen LogP) is 5.19. The van der Waals surface area contributed by atoms with E-state index < -0.39 is 0 Å². The molecule has 3 aromatic rings. The predicted molar refractivity (Wildman–Crippen MR) is 86.2 cm³/mol. The van der Waals surface area contributed by atoms with Crippen LogP contribution in [0.1, 0.15) is 37.1 Å². The number of benzene rings is 2. The summed E-state index contributed by atoms with van der Waals surface area (Å²) < 4.78 is 0. The molecule has 102 valence electrons. The van der Waals surface area contributed by atoms with Crippen molar-refractivity contribution in [1.82, 2.24) is 4.98 Å². The molecular formula is C19H21N. The Balaban J connectivity index is 2.24. The third-order valence-electron chi connectivity index (χ3n) is 4.64. The second kappa shape index (κ2) is 4.82. The molecular weight excluding hydrogens is 242 g/mol. The molecule has 1 nitrogen and oxygen atoms in total. The van der Waals surface area contributed by atoms with Crippen LogP contribution in [0.3, 0.4) is 0 Å². The van der Waals surface area contributed by atoms with Crippen LogP contribution in [0, 0.1) is 6.92 Å². The molecule has 0 saturated carbocycles. The number of H-pyrrole nitrogens is 1. The highest BCUT2D eigenvalue weighted by molar-refractivity contribution is 5.85. The van der Waals surface area contributed by atoms with E-state index >= 15 is 0 Å². The number of nitrogens with one attached hydrogen (secondary N) is 1. The first-order valence-electron chi connectivity index (χ1n) is 7.30. The molecule has 1 atom stereocenters. The topological polar surface area (TPSA) is 15.8 Å². The zero-order valence-corrected chi connectivity index (χ0v) is 12.4. The van der Waals surface area contributed by atoms with Crippen LogP contribution in [0.4, 0.5) is 0 Å². The van der Waals surface area contributed by atoms with Gasteiger partial charge in [-0.05, 0) is 37.5 Å². The van der Waals surface area contributed by atoms with E-state index in [9.17, 15) is 0 Å². The summed E-state index contributed by atoms with van der Waals surface area (Å²) in [6.45, 7) is 6.82. The molecule has 0 saturated heterocycles. The van der Waals surface area contributed by atoms with Crippen LogP contribution in [-0.2, 0) is 5.41 Å². The summed E-state index contributed by atoms with van der Waals surface area (Å²) in [6, 6.07) is 19.4. The number of aryl methyl sites for hydroxylation is 1. The molecule has 1 aromatic heterocycles. The zero-order chi connectivity index (χ0) is 14.2. The van der Waals surface area contributed by atoms with E-state index in [-0.39, 0.29) is 5.41 Å². The van der Waals surface area contributed by atoms with Crippen molar-refractivity contribution in [2.24, 2.45) is 0 Å². The Morgan fingerprint density at radius 3 is 2.25 bits per heavy atom. The molecule has 0 spiro atoms. The van der Waals surface area contributed by atoms with Gasteiger partial charge in [-0.2, -0.15) is 0 Å². The van der Waals surface area contributed by atoms with E-state index in [1.807, 2.05) is 0 Å². The number of fused-ring (bicyclic) bond motifs is 1. The number of hydrogen-bond donors (Lipinski definition) is 1. The summed E-state index contributed by atoms with van der Waals surface area (Å²) >= 11 is 0. The fourth-order valence-electron chi connectivity index (χ4n) is 3.17. The van der Waals surface area contributed by atoms with Gasteiger partial charge in [0.15, 0.2) is 0 Å². The van der Waals surface area contributed by atoms with Gasteiger partial charge in [0.2, 0.25) is 0 Å². The van der Waals surface area contributed by atoms with Crippen molar-refractivity contribution in [3.8, 4) is 0 Å². The summed E-state index contributed by atoms with van der Waals surface area (Å²) in [5.41, 5.74) is 5.35. The van der Waals surface area contributed by atoms with Crippen molar-refractivity contribution in [2.45, 2.75) is 32.6 Å². The molecule has 1 unspecified atom stereocenters. The van der Waals surface area contributed by atoms with Crippen molar-refractivity contribution < 1.29 is 0 Å². The van der Waals surface area contributed by atoms with Crippen LogP contribution >= 0.6 is 0 Å². The van der Waals surface area contributed by atoms with Gasteiger partial charge in [-0.3, -0.25) is 0 Å². The molecule has 2 aromatic carbocycles. The first-order chi connectivity index (χ1) is 9.66. The average molecular weight is 263 g/mol. The van der Waals surface area contributed by atoms with Crippen LogP contribution in [0.25, 0.3) is 10.9 Å². The lowest BCUT2D eigenvalue weighted by atomic mass is 9.76. The largest absolute Gasteiger partial charge is 0.357 e. The van der Waals surface area contributed by atoms with Gasteiger partial charge in [0, 0.05) is 22.0 Å². The van der Waals surface area contributed by atoms with Crippen molar-refractivity contribution in [2.75, 3.05) is 0 Å². The van der Waals surface area contributed by atoms with Crippen LogP contribution in [0.2, 0.25) is 0 Å². The SMILES string of the molecule is CCC(C)(c1ccccc1)c1[nH]c2ccccc2c1C. The van der Waals surface area contributed by atoms with Crippen molar-refractivity contribution in [1.29, 1.82) is 0 Å². The lowest BCUT2D eigenvalue weighted by Crippen LogP contribution is -2.24. The second-order valence-electron chi connectivity index (χ2n) is 5.72. The van der Waals surface area contributed by atoms with Crippen molar-refractivity contribution in [3.05, 3.63) is 71.4 Å². The summed E-state index contributed by atoms with van der Waals surface area (Å²) in [5.74, 6) is 0. The maximum Gasteiger partial charge on any atom is 0.0459 e. The first-order valence-corrected chi connectivity index (χ1v) is 7.30. The molecule has 0 radical (unpaired) electrons. The second-order valence-corrected chi connectivity index (χ2v) is 5.72. The lowest BCUT2D eigenvalue weighted by molar-refractivity contribution is 0.533. The van der Waals surface area contributed by atoms with Crippen LogP contribution in [-0.4, -0.2) is 4.98 Å². The summed E-state index contributed by atoms with van der Waals surface area (Å²) in [4.78, 5) is 3.65. The molecule has 3 rings (SSSR count). The van der Waals surface area contributed by atoms with Crippen LogP contribution < -0.4 is 0 Å². The lowest BCUT2D eigenvalue weighted by Gasteiger charge is -2.29. The van der Waals surface area contributed by atoms with E-state index in [0.717, 1.165) is 6.42 Å². The van der Waals surface area contributed by atoms with Gasteiger partial charge in [-0.1, -0.05) is 55.5 Å². The highest BCUT2D eigenvalue weighted by atomic mass is 14.7. The first kappa shape index (κ1) is 13.0. The summed E-state index contributed by atoms with van der Waals surface area (Å²) in [7, 11) is 0. The van der Waals surface area contributed by atoms with Gasteiger partial charge >= 0.3 is 0 Å². The molecule has 0 fully saturated rings. The molecule has 1 N–H and O–H groups in total. The van der Waals surface area contributed by atoms with E-state index in [1.165, 1.54) is 27.7 Å². The molecule has 0 aliphatic heterocycles. The maximum absolute atomic E-state index is 3.65. The van der Waals surface area contributed by atoms with Gasteiger partial charge in [0.05, 0.1) is 0 Å². The standard InChI is InChI=1S/C19H21N/c1-4-19(3,15-10-6-5-7-11-15)18-14(2)16-12-8-9-13-17(16)20-18/h5-13,20H,4H2,1-3H3. The molecule has 0 aliphatic rings. The summed E-state index contributed by atoms with van der Waals surface area (Å²) in [5, 5.41) is 1.33. The third kappa shape index (κ3) is 1.85. The zero-order valence-electron chi connectivity index (χ0n) is 12.4. The molecule has 20 heavy (non-hydrogen) atoms. The Morgan fingerprint density at radius 1 is 0.950 bits per heavy atom. The molecule has 0 bridgehead atoms. The van der Waals surface area contributed by atoms with Crippen LogP contribution in [0.5, 0.6) is 0 Å². The third-order valence-corrected chi connectivity index (χ3v) is 4.64. The Labute approximate surface area is 120 Å². The number of hydrogen-bond acceptors (Lipinski definition) is 0. The van der Waals surface area contributed by atoms with Gasteiger partial charge in [0.1, 0.15) is 0 Å². The fraction of sp³-hybridized carbons (Fsp3) is 0.263. The highest BCUT2D eigenvalue weighted by Gasteiger charge is 2.30. The number of para-hydroxylation sites is 1. The molecule has 0 aliphatic carbocycles. The van der Waals surface area contributed by atoms with Crippen molar-refractivity contribution in [3.63, 3.8) is 0 Å². The summed E-state index contributed by atoms with van der Waals surface area (Å²) in [6.07, 6.45) is 1.07. The van der Waals surface area contributed by atoms with Gasteiger partial charge < -0.3 is 4.98 Å². The Hall–Kier alpha value is -2.02. The van der Waals surface area contributed by atoms with E-state index in [4.69, 9.17) is 0 Å². The number of aromatic nitrogens is 1. The smallest absolute Gasteiger partial charge is 0.0459 e. The van der Waals surface area contributed by atoms with Crippen molar-refractivity contribution >= 4 is 10.9 Å². The quantitative estimate of drug-likeness (QED) is 0.669. The molecule has 1 heteroatoms. The Kier molecular flexibility index (Phi) is 3.13. The van der Waals surface area contributed by atoms with E-state index in [2.05, 4.69) is 80.4 Å². The Morgan fingerprint density at radius 2 is 1.60 bits per heavy atom. The maximum atomic E-state index is 3.65. The minimum Gasteiger partial charge on any atom is -0.357 e. The Bertz CT molecular complexity index is 724. The number of aromatic amines is 1. The molecule has 1 heterocycles. The fourth-order valence-corrected chi connectivity index (χ4v) is 3.17. The minimum absolute atomic E-state index is 0.0321. The minimum atomic E-state index is 0.0321. The highest BCUT2D eigenvalue weighted by Crippen LogP contribution is 2.38. The van der Waals surface area contributed by atoms with E-state index in [1.54, 1.807) is 0 Å². The molecule has 0 amide bonds. The van der Waals surface area contributed by atoms with Gasteiger partial charge in [-0.15, -0.1) is 0 Å². The van der Waals surface area contributed by atoms with Crippen LogP contribution in [0.15, 0.2) is 54.6 Å².